The minimum Gasteiger partial charge on any atom is -0.388 e. The Hall–Kier alpha value is -2.16. The Kier molecular flexibility index (Phi) is 4.75. The molecule has 0 aliphatic heterocycles. The summed E-state index contributed by atoms with van der Waals surface area (Å²) in [6.07, 6.45) is -0.514. The van der Waals surface area contributed by atoms with E-state index in [1.807, 2.05) is 44.4 Å². The van der Waals surface area contributed by atoms with Crippen molar-refractivity contribution < 1.29 is 5.11 Å². The van der Waals surface area contributed by atoms with E-state index < -0.39 is 6.10 Å². The topological polar surface area (TPSA) is 23.5 Å². The summed E-state index contributed by atoms with van der Waals surface area (Å²) in [7, 11) is 4.09. The van der Waals surface area contributed by atoms with Crippen LogP contribution in [0.2, 0.25) is 0 Å². The van der Waals surface area contributed by atoms with E-state index in [-0.39, 0.29) is 5.92 Å². The van der Waals surface area contributed by atoms with Gasteiger partial charge in [-0.3, -0.25) is 0 Å². The molecule has 0 aliphatic rings. The summed E-state index contributed by atoms with van der Waals surface area (Å²) in [4.78, 5) is 2.13. The Morgan fingerprint density at radius 1 is 0.783 bits per heavy atom. The van der Waals surface area contributed by atoms with Crippen LogP contribution in [0.25, 0.3) is 10.8 Å². The summed E-state index contributed by atoms with van der Waals surface area (Å²) < 4.78 is 0. The fourth-order valence-corrected chi connectivity index (χ4v) is 3.10. The number of hydrogen-bond acceptors (Lipinski definition) is 2. The highest BCUT2D eigenvalue weighted by Gasteiger charge is 2.23. The molecule has 3 aromatic carbocycles. The first-order valence-electron chi connectivity index (χ1n) is 8.01. The van der Waals surface area contributed by atoms with E-state index in [1.54, 1.807) is 0 Å². The normalized spacial score (nSPS) is 14.1. The van der Waals surface area contributed by atoms with Gasteiger partial charge in [0.1, 0.15) is 0 Å². The maximum atomic E-state index is 10.9. The maximum absolute atomic E-state index is 10.9. The predicted octanol–water partition coefficient (Wildman–Crippen LogP) is 4.22. The lowest BCUT2D eigenvalue weighted by Crippen LogP contribution is -2.25. The van der Waals surface area contributed by atoms with Crippen LogP contribution in [0.4, 0.5) is 0 Å². The third kappa shape index (κ3) is 3.61. The molecule has 2 atom stereocenters. The second-order valence-electron chi connectivity index (χ2n) is 6.33. The number of aliphatic hydroxyl groups excluding tert-OH is 1. The zero-order chi connectivity index (χ0) is 16.2. The Morgan fingerprint density at radius 3 is 2.13 bits per heavy atom. The van der Waals surface area contributed by atoms with Crippen LogP contribution in [0.5, 0.6) is 0 Å². The molecule has 3 aromatic rings. The molecule has 0 aliphatic carbocycles. The zero-order valence-electron chi connectivity index (χ0n) is 13.7. The van der Waals surface area contributed by atoms with E-state index in [0.29, 0.717) is 0 Å². The molecule has 0 heterocycles. The third-order valence-corrected chi connectivity index (χ3v) is 4.29. The second-order valence-corrected chi connectivity index (χ2v) is 6.33. The van der Waals surface area contributed by atoms with Crippen molar-refractivity contribution in [3.05, 3.63) is 83.9 Å². The van der Waals surface area contributed by atoms with Crippen molar-refractivity contribution in [1.82, 2.24) is 4.90 Å². The average molecular weight is 305 g/mol. The van der Waals surface area contributed by atoms with Crippen molar-refractivity contribution in [1.29, 1.82) is 0 Å². The fourth-order valence-electron chi connectivity index (χ4n) is 3.10. The molecule has 23 heavy (non-hydrogen) atoms. The van der Waals surface area contributed by atoms with E-state index in [4.69, 9.17) is 0 Å². The molecule has 2 nitrogen and oxygen atoms in total. The minimum absolute atomic E-state index is 0.0389. The molecule has 2 heteroatoms. The van der Waals surface area contributed by atoms with Gasteiger partial charge in [0.05, 0.1) is 6.10 Å². The quantitative estimate of drug-likeness (QED) is 0.763. The molecule has 2 unspecified atom stereocenters. The standard InChI is InChI=1S/C21H23NO/c1-22(2)15-20(21(23)17-9-4-3-5-10-17)19-13-12-16-8-6-7-11-18(16)14-19/h3-14,20-21,23H,15H2,1-2H3. The van der Waals surface area contributed by atoms with Gasteiger partial charge in [0, 0.05) is 12.5 Å². The van der Waals surface area contributed by atoms with E-state index in [9.17, 15) is 5.11 Å². The van der Waals surface area contributed by atoms with Crippen molar-refractivity contribution in [3.8, 4) is 0 Å². The van der Waals surface area contributed by atoms with Gasteiger partial charge < -0.3 is 10.0 Å². The smallest absolute Gasteiger partial charge is 0.0870 e. The Bertz CT molecular complexity index is 767. The number of rotatable bonds is 5. The van der Waals surface area contributed by atoms with Gasteiger partial charge in [-0.25, -0.2) is 0 Å². The number of nitrogens with zero attached hydrogens (tertiary/aromatic N) is 1. The summed E-state index contributed by atoms with van der Waals surface area (Å²) in [6.45, 7) is 0.800. The molecule has 0 amide bonds. The highest BCUT2D eigenvalue weighted by molar-refractivity contribution is 5.83. The number of hydrogen-bond donors (Lipinski definition) is 1. The van der Waals surface area contributed by atoms with Crippen LogP contribution in [0.15, 0.2) is 72.8 Å². The molecule has 0 aromatic heterocycles. The first-order valence-corrected chi connectivity index (χ1v) is 8.01. The van der Waals surface area contributed by atoms with E-state index in [0.717, 1.165) is 12.1 Å². The van der Waals surface area contributed by atoms with Crippen LogP contribution in [0.1, 0.15) is 23.1 Å². The Labute approximate surface area is 138 Å². The molecule has 0 saturated heterocycles. The van der Waals surface area contributed by atoms with Gasteiger partial charge in [-0.05, 0) is 36.0 Å². The summed E-state index contributed by atoms with van der Waals surface area (Å²) in [6, 6.07) is 24.8. The van der Waals surface area contributed by atoms with Crippen molar-refractivity contribution in [2.24, 2.45) is 0 Å². The van der Waals surface area contributed by atoms with E-state index in [1.165, 1.54) is 16.3 Å². The van der Waals surface area contributed by atoms with Crippen molar-refractivity contribution in [2.75, 3.05) is 20.6 Å². The highest BCUT2D eigenvalue weighted by Crippen LogP contribution is 2.33. The van der Waals surface area contributed by atoms with Crippen molar-refractivity contribution in [2.45, 2.75) is 12.0 Å². The molecule has 0 fully saturated rings. The Morgan fingerprint density at radius 2 is 1.43 bits per heavy atom. The van der Waals surface area contributed by atoms with Crippen LogP contribution in [0.3, 0.4) is 0 Å². The molecule has 0 saturated carbocycles. The third-order valence-electron chi connectivity index (χ3n) is 4.29. The fraction of sp³-hybridized carbons (Fsp3) is 0.238. The average Bonchev–Trinajstić information content (AvgIpc) is 2.59. The van der Waals surface area contributed by atoms with Crippen LogP contribution in [-0.4, -0.2) is 30.6 Å². The molecule has 118 valence electrons. The maximum Gasteiger partial charge on any atom is 0.0870 e. The minimum atomic E-state index is -0.514. The van der Waals surface area contributed by atoms with Gasteiger partial charge in [0.15, 0.2) is 0 Å². The lowest BCUT2D eigenvalue weighted by molar-refractivity contribution is 0.129. The lowest BCUT2D eigenvalue weighted by Gasteiger charge is -2.27. The SMILES string of the molecule is CN(C)CC(c1ccc2ccccc2c1)C(O)c1ccccc1. The molecule has 1 N–H and O–H groups in total. The van der Waals surface area contributed by atoms with Gasteiger partial charge in [-0.1, -0.05) is 72.8 Å². The van der Waals surface area contributed by atoms with Gasteiger partial charge in [0.2, 0.25) is 0 Å². The molecule has 0 bridgehead atoms. The molecular weight excluding hydrogens is 282 g/mol. The largest absolute Gasteiger partial charge is 0.388 e. The first-order chi connectivity index (χ1) is 11.1. The van der Waals surface area contributed by atoms with Gasteiger partial charge >= 0.3 is 0 Å². The number of aliphatic hydroxyl groups is 1. The van der Waals surface area contributed by atoms with Gasteiger partial charge in [-0.15, -0.1) is 0 Å². The van der Waals surface area contributed by atoms with Crippen LogP contribution < -0.4 is 0 Å². The molecular formula is C21H23NO. The summed E-state index contributed by atoms with van der Waals surface area (Å²) in [5.74, 6) is 0.0389. The van der Waals surface area contributed by atoms with Gasteiger partial charge in [-0.2, -0.15) is 0 Å². The van der Waals surface area contributed by atoms with Crippen LogP contribution >= 0.6 is 0 Å². The second kappa shape index (κ2) is 6.95. The van der Waals surface area contributed by atoms with E-state index >= 15 is 0 Å². The van der Waals surface area contributed by atoms with Crippen molar-refractivity contribution in [3.63, 3.8) is 0 Å². The number of fused-ring (bicyclic) bond motifs is 1. The summed E-state index contributed by atoms with van der Waals surface area (Å²) >= 11 is 0. The van der Waals surface area contributed by atoms with Crippen LogP contribution in [-0.2, 0) is 0 Å². The lowest BCUT2D eigenvalue weighted by atomic mass is 9.87. The number of benzene rings is 3. The zero-order valence-corrected chi connectivity index (χ0v) is 13.7. The van der Waals surface area contributed by atoms with Crippen LogP contribution in [0, 0.1) is 0 Å². The summed E-state index contributed by atoms with van der Waals surface area (Å²) in [5.41, 5.74) is 2.14. The molecule has 0 spiro atoms. The molecule has 0 radical (unpaired) electrons. The van der Waals surface area contributed by atoms with Gasteiger partial charge in [0.25, 0.3) is 0 Å². The monoisotopic (exact) mass is 305 g/mol. The summed E-state index contributed by atoms with van der Waals surface area (Å²) in [5, 5.41) is 13.4. The number of likely N-dealkylation sites (N-methyl/N-ethyl adjacent to an activating group) is 1. The van der Waals surface area contributed by atoms with E-state index in [2.05, 4.69) is 47.4 Å². The predicted molar refractivity (Wildman–Crippen MR) is 96.6 cm³/mol. The molecule has 3 rings (SSSR count). The van der Waals surface area contributed by atoms with Crippen molar-refractivity contribution >= 4 is 10.8 Å². The first kappa shape index (κ1) is 15.7. The Balaban J connectivity index is 2.00. The highest BCUT2D eigenvalue weighted by atomic mass is 16.3.